The van der Waals surface area contributed by atoms with Gasteiger partial charge in [0.15, 0.2) is 5.96 Å². The molecule has 0 aromatic heterocycles. The van der Waals surface area contributed by atoms with E-state index in [0.717, 1.165) is 0 Å². The summed E-state index contributed by atoms with van der Waals surface area (Å²) in [7, 11) is 0. The topological polar surface area (TPSA) is 299 Å². The molecule has 4 atom stereocenters. The molecule has 0 aliphatic carbocycles. The van der Waals surface area contributed by atoms with Crippen LogP contribution in [0.4, 0.5) is 0 Å². The molecule has 0 bridgehead atoms. The molecule has 42 heavy (non-hydrogen) atoms. The number of hydrogen-bond donors (Lipinski definition) is 10. The van der Waals surface area contributed by atoms with Crippen molar-refractivity contribution in [2.45, 2.75) is 75.5 Å². The van der Waals surface area contributed by atoms with Gasteiger partial charge in [-0.2, -0.15) is 0 Å². The smallest absolute Gasteiger partial charge is 0.326 e. The van der Waals surface area contributed by atoms with Crippen molar-refractivity contribution < 1.29 is 39.3 Å². The third-order valence-corrected chi connectivity index (χ3v) is 6.15. The monoisotopic (exact) mass is 594 g/mol. The number of nitrogens with one attached hydrogen (secondary N) is 3. The number of carbonyl (C=O) groups excluding carboxylic acids is 3. The second kappa shape index (κ2) is 18.8. The summed E-state index contributed by atoms with van der Waals surface area (Å²) in [6.45, 7) is 0.552. The van der Waals surface area contributed by atoms with Crippen molar-refractivity contribution in [2.24, 2.45) is 27.9 Å². The lowest BCUT2D eigenvalue weighted by Gasteiger charge is -2.25. The van der Waals surface area contributed by atoms with Crippen LogP contribution in [0.1, 0.15) is 50.5 Å². The van der Waals surface area contributed by atoms with E-state index in [-0.39, 0.29) is 43.9 Å². The number of unbranched alkanes of at least 4 members (excludes halogenated alkanes) is 1. The zero-order valence-corrected chi connectivity index (χ0v) is 23.3. The van der Waals surface area contributed by atoms with Gasteiger partial charge in [0.2, 0.25) is 17.7 Å². The van der Waals surface area contributed by atoms with Gasteiger partial charge in [0.05, 0.1) is 6.04 Å². The molecule has 3 amide bonds. The summed E-state index contributed by atoms with van der Waals surface area (Å²) in [6.07, 6.45) is 0.853. The van der Waals surface area contributed by atoms with E-state index in [1.54, 1.807) is 0 Å². The number of guanidine groups is 1. The van der Waals surface area contributed by atoms with Gasteiger partial charge < -0.3 is 54.2 Å². The Hall–Kier alpha value is -4.44. The molecule has 0 saturated carbocycles. The lowest BCUT2D eigenvalue weighted by molar-refractivity contribution is -0.142. The van der Waals surface area contributed by atoms with Crippen molar-refractivity contribution in [3.8, 4) is 5.75 Å². The molecular weight excluding hydrogens is 552 g/mol. The van der Waals surface area contributed by atoms with Gasteiger partial charge >= 0.3 is 11.9 Å². The van der Waals surface area contributed by atoms with Gasteiger partial charge in [-0.25, -0.2) is 4.79 Å². The minimum absolute atomic E-state index is 0.0168. The van der Waals surface area contributed by atoms with E-state index in [1.807, 2.05) is 0 Å². The van der Waals surface area contributed by atoms with Crippen LogP contribution in [0.5, 0.6) is 5.75 Å². The summed E-state index contributed by atoms with van der Waals surface area (Å²) >= 11 is 0. The van der Waals surface area contributed by atoms with Gasteiger partial charge in [-0.15, -0.1) is 0 Å². The highest BCUT2D eigenvalue weighted by Gasteiger charge is 2.30. The van der Waals surface area contributed by atoms with Crippen LogP contribution >= 0.6 is 0 Å². The summed E-state index contributed by atoms with van der Waals surface area (Å²) in [5, 5.41) is 35.7. The van der Waals surface area contributed by atoms with Crippen LogP contribution in [0.3, 0.4) is 0 Å². The number of benzene rings is 1. The summed E-state index contributed by atoms with van der Waals surface area (Å²) < 4.78 is 0. The summed E-state index contributed by atoms with van der Waals surface area (Å²) in [6, 6.07) is 0.785. The van der Waals surface area contributed by atoms with Crippen LogP contribution in [0.2, 0.25) is 0 Å². The van der Waals surface area contributed by atoms with Crippen molar-refractivity contribution in [2.75, 3.05) is 13.1 Å². The SMILES string of the molecule is NCCCCC(N)C(=O)NC(CCC(=O)O)C(=O)NC(Cc1ccc(O)cc1)C(=O)NC(CCCN=C(N)N)C(=O)O. The molecule has 1 aromatic rings. The Balaban J connectivity index is 3.13. The number of carboxylic acids is 2. The number of phenolic OH excluding ortho intramolecular Hbond substituents is 1. The lowest BCUT2D eigenvalue weighted by Crippen LogP contribution is -2.57. The highest BCUT2D eigenvalue weighted by molar-refractivity contribution is 5.94. The molecule has 16 nitrogen and oxygen atoms in total. The second-order valence-corrected chi connectivity index (χ2v) is 9.66. The molecule has 0 heterocycles. The average Bonchev–Trinajstić information content (AvgIpc) is 2.92. The third-order valence-electron chi connectivity index (χ3n) is 6.15. The molecule has 4 unspecified atom stereocenters. The maximum atomic E-state index is 13.3. The Bertz CT molecular complexity index is 1080. The first-order chi connectivity index (χ1) is 19.8. The van der Waals surface area contributed by atoms with Crippen LogP contribution in [-0.4, -0.2) is 88.2 Å². The van der Waals surface area contributed by atoms with Gasteiger partial charge in [-0.3, -0.25) is 24.2 Å². The number of aliphatic imine (C=N–C) groups is 1. The third kappa shape index (κ3) is 14.3. The number of phenols is 1. The molecule has 0 fully saturated rings. The van der Waals surface area contributed by atoms with Crippen molar-refractivity contribution >= 4 is 35.6 Å². The molecular formula is C26H42N8O8. The zero-order chi connectivity index (χ0) is 31.7. The molecule has 234 valence electrons. The van der Waals surface area contributed by atoms with Gasteiger partial charge in [0.25, 0.3) is 0 Å². The van der Waals surface area contributed by atoms with Gasteiger partial charge in [0.1, 0.15) is 23.9 Å². The molecule has 0 aliphatic rings. The van der Waals surface area contributed by atoms with E-state index in [1.165, 1.54) is 24.3 Å². The first-order valence-corrected chi connectivity index (χ1v) is 13.5. The molecule has 1 rings (SSSR count). The highest BCUT2D eigenvalue weighted by atomic mass is 16.4. The maximum absolute atomic E-state index is 13.3. The van der Waals surface area contributed by atoms with Crippen LogP contribution in [0.15, 0.2) is 29.3 Å². The molecule has 1 aromatic carbocycles. The van der Waals surface area contributed by atoms with Gasteiger partial charge in [-0.1, -0.05) is 18.6 Å². The highest BCUT2D eigenvalue weighted by Crippen LogP contribution is 2.13. The normalized spacial score (nSPS) is 13.6. The molecule has 16 heteroatoms. The van der Waals surface area contributed by atoms with Gasteiger partial charge in [-0.05, 0) is 56.3 Å². The van der Waals surface area contributed by atoms with Crippen LogP contribution in [0, 0.1) is 0 Å². The quantitative estimate of drug-likeness (QED) is 0.0439. The number of rotatable bonds is 20. The molecule has 0 spiro atoms. The zero-order valence-electron chi connectivity index (χ0n) is 23.3. The Labute approximate surface area is 243 Å². The molecule has 0 saturated heterocycles. The number of amides is 3. The van der Waals surface area contributed by atoms with Crippen molar-refractivity contribution in [3.63, 3.8) is 0 Å². The summed E-state index contributed by atoms with van der Waals surface area (Å²) in [5.74, 6) is -5.11. The first-order valence-electron chi connectivity index (χ1n) is 13.5. The molecule has 0 radical (unpaired) electrons. The Kier molecular flexibility index (Phi) is 15.9. The molecule has 0 aliphatic heterocycles. The average molecular weight is 595 g/mol. The van der Waals surface area contributed by atoms with Crippen molar-refractivity contribution in [1.29, 1.82) is 0 Å². The fraction of sp³-hybridized carbons (Fsp3) is 0.538. The van der Waals surface area contributed by atoms with Crippen LogP contribution in [-0.2, 0) is 30.4 Å². The lowest BCUT2D eigenvalue weighted by atomic mass is 10.0. The number of aliphatic carboxylic acids is 2. The van der Waals surface area contributed by atoms with E-state index in [9.17, 15) is 34.2 Å². The minimum atomic E-state index is -1.35. The van der Waals surface area contributed by atoms with E-state index in [0.29, 0.717) is 31.4 Å². The summed E-state index contributed by atoms with van der Waals surface area (Å²) in [5.41, 5.74) is 22.4. The predicted molar refractivity (Wildman–Crippen MR) is 153 cm³/mol. The number of carboxylic acid groups (broad SMARTS) is 2. The van der Waals surface area contributed by atoms with E-state index < -0.39 is 60.2 Å². The minimum Gasteiger partial charge on any atom is -0.508 e. The fourth-order valence-electron chi connectivity index (χ4n) is 3.84. The van der Waals surface area contributed by atoms with E-state index in [4.69, 9.17) is 28.0 Å². The van der Waals surface area contributed by atoms with Gasteiger partial charge in [0, 0.05) is 19.4 Å². The first kappa shape index (κ1) is 35.6. The maximum Gasteiger partial charge on any atom is 0.326 e. The molecule has 14 N–H and O–H groups in total. The van der Waals surface area contributed by atoms with Crippen LogP contribution < -0.4 is 38.9 Å². The number of nitrogens with two attached hydrogens (primary N) is 4. The standard InChI is InChI=1S/C26H42N8O8/c27-12-2-1-4-17(28)22(38)32-18(10-11-21(36)37)23(39)34-20(14-15-6-8-16(35)9-7-15)24(40)33-19(25(41)42)5-3-13-31-26(29)30/h6-9,17-20,35H,1-5,10-14,27-28H2,(H,32,38)(H,33,40)(H,34,39)(H,36,37)(H,41,42)(H4,29,30,31). The number of carbonyl (C=O) groups is 5. The number of hydrogen-bond acceptors (Lipinski definition) is 9. The van der Waals surface area contributed by atoms with Crippen LogP contribution in [0.25, 0.3) is 0 Å². The van der Waals surface area contributed by atoms with E-state index >= 15 is 0 Å². The number of nitrogens with zero attached hydrogens (tertiary/aromatic N) is 1. The van der Waals surface area contributed by atoms with Crippen molar-refractivity contribution in [3.05, 3.63) is 29.8 Å². The summed E-state index contributed by atoms with van der Waals surface area (Å²) in [4.78, 5) is 66.0. The fourth-order valence-corrected chi connectivity index (χ4v) is 3.84. The Morgan fingerprint density at radius 3 is 1.95 bits per heavy atom. The predicted octanol–water partition coefficient (Wildman–Crippen LogP) is -2.15. The Morgan fingerprint density at radius 2 is 1.38 bits per heavy atom. The number of aromatic hydroxyl groups is 1. The Morgan fingerprint density at radius 1 is 0.786 bits per heavy atom. The second-order valence-electron chi connectivity index (χ2n) is 9.66. The van der Waals surface area contributed by atoms with E-state index in [2.05, 4.69) is 20.9 Å². The van der Waals surface area contributed by atoms with Crippen molar-refractivity contribution in [1.82, 2.24) is 16.0 Å². The largest absolute Gasteiger partial charge is 0.508 e.